The van der Waals surface area contributed by atoms with Crippen LogP contribution in [0.5, 0.6) is 5.75 Å². The molecule has 2 heterocycles. The van der Waals surface area contributed by atoms with E-state index in [9.17, 15) is 4.79 Å². The molecule has 0 unspecified atom stereocenters. The molecule has 1 N–H and O–H groups in total. The van der Waals surface area contributed by atoms with Gasteiger partial charge in [-0.2, -0.15) is 0 Å². The number of H-pyrrole nitrogens is 1. The van der Waals surface area contributed by atoms with Crippen molar-refractivity contribution in [2.75, 3.05) is 7.11 Å². The summed E-state index contributed by atoms with van der Waals surface area (Å²) in [5, 5.41) is 6.83. The Bertz CT molecular complexity index is 1350. The number of hydrogen-bond donors (Lipinski definition) is 1. The molecule has 5 aromatic rings. The molecule has 5 nitrogen and oxygen atoms in total. The Kier molecular flexibility index (Phi) is 3.47. The third kappa shape index (κ3) is 2.47. The summed E-state index contributed by atoms with van der Waals surface area (Å²) in [5.41, 5.74) is 2.83. The van der Waals surface area contributed by atoms with Crippen molar-refractivity contribution in [2.24, 2.45) is 0 Å². The number of aromatic amines is 1. The Morgan fingerprint density at radius 2 is 1.74 bits per heavy atom. The molecule has 0 saturated heterocycles. The van der Waals surface area contributed by atoms with Gasteiger partial charge in [0.1, 0.15) is 5.75 Å². The molecular weight excluding hydrogens is 338 g/mol. The first-order valence-corrected chi connectivity index (χ1v) is 8.77. The lowest BCUT2D eigenvalue weighted by Crippen LogP contribution is -2.23. The third-order valence-corrected chi connectivity index (χ3v) is 4.98. The first-order valence-electron chi connectivity index (χ1n) is 8.77. The van der Waals surface area contributed by atoms with Crippen LogP contribution in [0.4, 0.5) is 0 Å². The fraction of sp³-hybridized carbons (Fsp3) is 0.0909. The number of aromatic nitrogens is 3. The molecule has 5 rings (SSSR count). The summed E-state index contributed by atoms with van der Waals surface area (Å²) in [6.45, 7) is 0.469. The summed E-state index contributed by atoms with van der Waals surface area (Å²) >= 11 is 0. The van der Waals surface area contributed by atoms with Crippen LogP contribution in [-0.4, -0.2) is 21.9 Å². The smallest absolute Gasteiger partial charge is 0.273 e. The molecule has 0 bridgehead atoms. The van der Waals surface area contributed by atoms with Crippen molar-refractivity contribution in [1.29, 1.82) is 0 Å². The summed E-state index contributed by atoms with van der Waals surface area (Å²) in [6.07, 6.45) is 1.90. The van der Waals surface area contributed by atoms with Crippen LogP contribution >= 0.6 is 0 Å². The standard InChI is InChI=1S/C22H17N3O2/c1-27-15-8-6-14(7-9-15)13-25-22(26)16-10-11-20-21(18(16)12-23-25)17-4-2-3-5-19(17)24-20/h2-12,23H,13H2,1H3. The lowest BCUT2D eigenvalue weighted by atomic mass is 10.1. The molecule has 3 aromatic carbocycles. The molecule has 0 saturated carbocycles. The highest BCUT2D eigenvalue weighted by molar-refractivity contribution is 6.19. The number of fused-ring (bicyclic) bond motifs is 5. The Hall–Kier alpha value is -3.60. The largest absolute Gasteiger partial charge is 0.497 e. The average Bonchev–Trinajstić information content (AvgIpc) is 3.09. The Labute approximate surface area is 154 Å². The monoisotopic (exact) mass is 355 g/mol. The summed E-state index contributed by atoms with van der Waals surface area (Å²) in [6, 6.07) is 19.5. The number of hydrogen-bond acceptors (Lipinski definition) is 3. The van der Waals surface area contributed by atoms with Gasteiger partial charge >= 0.3 is 0 Å². The highest BCUT2D eigenvalue weighted by Gasteiger charge is 2.12. The van der Waals surface area contributed by atoms with Gasteiger partial charge in [0.2, 0.25) is 0 Å². The molecule has 132 valence electrons. The minimum absolute atomic E-state index is 0.0458. The van der Waals surface area contributed by atoms with E-state index in [1.807, 2.05) is 66.9 Å². The number of rotatable bonds is 3. The second-order valence-electron chi connectivity index (χ2n) is 6.56. The molecule has 0 fully saturated rings. The van der Waals surface area contributed by atoms with Crippen LogP contribution in [0.3, 0.4) is 0 Å². The van der Waals surface area contributed by atoms with Crippen LogP contribution in [0.2, 0.25) is 0 Å². The predicted molar refractivity (Wildman–Crippen MR) is 107 cm³/mol. The van der Waals surface area contributed by atoms with Crippen LogP contribution < -0.4 is 10.3 Å². The van der Waals surface area contributed by atoms with E-state index in [4.69, 9.17) is 4.74 Å². The summed E-state index contributed by atoms with van der Waals surface area (Å²) in [7, 11) is 1.64. The lowest BCUT2D eigenvalue weighted by molar-refractivity contribution is 0.414. The van der Waals surface area contributed by atoms with Gasteiger partial charge in [0.15, 0.2) is 0 Å². The van der Waals surface area contributed by atoms with Gasteiger partial charge in [-0.15, -0.1) is 0 Å². The Balaban J connectivity index is 1.67. The summed E-state index contributed by atoms with van der Waals surface area (Å²) in [5.74, 6) is 0.798. The summed E-state index contributed by atoms with van der Waals surface area (Å²) < 4.78 is 6.81. The zero-order valence-electron chi connectivity index (χ0n) is 14.8. The van der Waals surface area contributed by atoms with Gasteiger partial charge in [0, 0.05) is 22.4 Å². The fourth-order valence-corrected chi connectivity index (χ4v) is 3.61. The van der Waals surface area contributed by atoms with Gasteiger partial charge in [0.25, 0.3) is 5.56 Å². The molecule has 0 radical (unpaired) electrons. The van der Waals surface area contributed by atoms with E-state index >= 15 is 0 Å². The van der Waals surface area contributed by atoms with Crippen molar-refractivity contribution < 1.29 is 4.74 Å². The number of methoxy groups -OCH3 is 1. The molecule has 0 amide bonds. The SMILES string of the molecule is COc1ccc(Cn2[nH]cc3c(ccc4nc5ccccc5c43)c2=O)cc1. The van der Waals surface area contributed by atoms with Crippen LogP contribution in [0, 0.1) is 0 Å². The first kappa shape index (κ1) is 15.6. The van der Waals surface area contributed by atoms with Crippen molar-refractivity contribution in [3.8, 4) is 5.75 Å². The van der Waals surface area contributed by atoms with E-state index in [0.717, 1.165) is 38.5 Å². The molecule has 0 spiro atoms. The molecule has 27 heavy (non-hydrogen) atoms. The number of para-hydroxylation sites is 1. The molecular formula is C22H17N3O2. The van der Waals surface area contributed by atoms with Gasteiger partial charge in [-0.25, -0.2) is 9.67 Å². The first-order chi connectivity index (χ1) is 13.2. The molecule has 0 aliphatic heterocycles. The van der Waals surface area contributed by atoms with E-state index in [0.29, 0.717) is 11.9 Å². The topological polar surface area (TPSA) is 59.9 Å². The number of ether oxygens (including phenoxy) is 1. The highest BCUT2D eigenvalue weighted by atomic mass is 16.5. The minimum atomic E-state index is -0.0458. The zero-order valence-corrected chi connectivity index (χ0v) is 14.8. The number of benzene rings is 3. The maximum absolute atomic E-state index is 13.0. The molecule has 2 aromatic heterocycles. The molecule has 0 atom stereocenters. The molecule has 0 aliphatic rings. The van der Waals surface area contributed by atoms with Crippen LogP contribution in [0.25, 0.3) is 32.6 Å². The van der Waals surface area contributed by atoms with Crippen molar-refractivity contribution in [1.82, 2.24) is 14.8 Å². The average molecular weight is 355 g/mol. The Morgan fingerprint density at radius 1 is 0.926 bits per heavy atom. The number of nitrogens with one attached hydrogen (secondary N) is 1. The maximum Gasteiger partial charge on any atom is 0.273 e. The van der Waals surface area contributed by atoms with E-state index in [-0.39, 0.29) is 5.56 Å². The van der Waals surface area contributed by atoms with Gasteiger partial charge in [0.05, 0.1) is 30.1 Å². The molecule has 5 heteroatoms. The lowest BCUT2D eigenvalue weighted by Gasteiger charge is -2.09. The number of nitrogens with zero attached hydrogens (tertiary/aromatic N) is 2. The van der Waals surface area contributed by atoms with Crippen LogP contribution in [-0.2, 0) is 6.54 Å². The second kappa shape index (κ2) is 5.99. The third-order valence-electron chi connectivity index (χ3n) is 4.98. The highest BCUT2D eigenvalue weighted by Crippen LogP contribution is 2.30. The van der Waals surface area contributed by atoms with Gasteiger partial charge in [-0.05, 0) is 35.9 Å². The van der Waals surface area contributed by atoms with Crippen LogP contribution in [0.1, 0.15) is 5.56 Å². The molecule has 0 aliphatic carbocycles. The van der Waals surface area contributed by atoms with E-state index in [1.165, 1.54) is 0 Å². The zero-order chi connectivity index (χ0) is 18.4. The van der Waals surface area contributed by atoms with Crippen molar-refractivity contribution in [3.63, 3.8) is 0 Å². The Morgan fingerprint density at radius 3 is 2.56 bits per heavy atom. The van der Waals surface area contributed by atoms with Crippen molar-refractivity contribution >= 4 is 32.6 Å². The quantitative estimate of drug-likeness (QED) is 0.530. The van der Waals surface area contributed by atoms with E-state index < -0.39 is 0 Å². The van der Waals surface area contributed by atoms with Gasteiger partial charge in [-0.3, -0.25) is 4.79 Å². The predicted octanol–water partition coefficient (Wildman–Crippen LogP) is 4.09. The van der Waals surface area contributed by atoms with Gasteiger partial charge in [-0.1, -0.05) is 30.3 Å². The van der Waals surface area contributed by atoms with Gasteiger partial charge < -0.3 is 9.84 Å². The van der Waals surface area contributed by atoms with Crippen molar-refractivity contribution in [3.05, 3.63) is 82.8 Å². The fourth-order valence-electron chi connectivity index (χ4n) is 3.61. The second-order valence-corrected chi connectivity index (χ2v) is 6.56. The van der Waals surface area contributed by atoms with E-state index in [1.54, 1.807) is 11.8 Å². The normalized spacial score (nSPS) is 11.4. The maximum atomic E-state index is 13.0. The van der Waals surface area contributed by atoms with Crippen molar-refractivity contribution in [2.45, 2.75) is 6.54 Å². The minimum Gasteiger partial charge on any atom is -0.497 e. The van der Waals surface area contributed by atoms with Crippen LogP contribution in [0.15, 0.2) is 71.7 Å². The summed E-state index contributed by atoms with van der Waals surface area (Å²) in [4.78, 5) is 17.7. The van der Waals surface area contributed by atoms with E-state index in [2.05, 4.69) is 10.1 Å².